The summed E-state index contributed by atoms with van der Waals surface area (Å²) in [7, 11) is 3.44. The largest absolute Gasteiger partial charge is 0.379 e. The molecule has 0 aliphatic heterocycles. The van der Waals surface area contributed by atoms with E-state index in [0.29, 0.717) is 19.0 Å². The highest BCUT2D eigenvalue weighted by Crippen LogP contribution is 2.20. The van der Waals surface area contributed by atoms with E-state index >= 15 is 0 Å². The summed E-state index contributed by atoms with van der Waals surface area (Å²) in [5.41, 5.74) is 1.05. The molecule has 0 heterocycles. The molecule has 0 saturated heterocycles. The van der Waals surface area contributed by atoms with Gasteiger partial charge in [0.2, 0.25) is 0 Å². The molecule has 1 unspecified atom stereocenters. The van der Waals surface area contributed by atoms with Crippen molar-refractivity contribution in [3.63, 3.8) is 0 Å². The molecule has 0 aliphatic rings. The van der Waals surface area contributed by atoms with Gasteiger partial charge in [0.1, 0.15) is 5.82 Å². The molecule has 0 aliphatic carbocycles. The lowest BCUT2D eigenvalue weighted by Gasteiger charge is -2.30. The van der Waals surface area contributed by atoms with E-state index in [9.17, 15) is 4.39 Å². The Kier molecular flexibility index (Phi) is 6.62. The number of rotatable bonds is 5. The van der Waals surface area contributed by atoms with E-state index < -0.39 is 0 Å². The summed E-state index contributed by atoms with van der Waals surface area (Å²) in [5, 5.41) is 6.45. The van der Waals surface area contributed by atoms with Crippen LogP contribution < -0.4 is 10.6 Å². The van der Waals surface area contributed by atoms with Crippen molar-refractivity contribution in [1.29, 1.82) is 0 Å². The summed E-state index contributed by atoms with van der Waals surface area (Å²) in [5.74, 6) is 0.472. The zero-order valence-corrected chi connectivity index (χ0v) is 13.5. The van der Waals surface area contributed by atoms with Gasteiger partial charge in [0.25, 0.3) is 0 Å². The standard InChI is InChI=1S/C16H26FN3O/c1-16(2,3)14(21-5)11-20-15(18-4)19-10-12-6-8-13(17)9-7-12/h6-9,14H,10-11H2,1-5H3,(H2,18,19,20). The first-order valence-electron chi connectivity index (χ1n) is 7.08. The van der Waals surface area contributed by atoms with Gasteiger partial charge in [0.15, 0.2) is 5.96 Å². The van der Waals surface area contributed by atoms with Gasteiger partial charge < -0.3 is 15.4 Å². The Balaban J connectivity index is 2.47. The Morgan fingerprint density at radius 2 is 1.86 bits per heavy atom. The predicted molar refractivity (Wildman–Crippen MR) is 84.9 cm³/mol. The van der Waals surface area contributed by atoms with Gasteiger partial charge in [-0.25, -0.2) is 4.39 Å². The van der Waals surface area contributed by atoms with Crippen molar-refractivity contribution in [2.24, 2.45) is 10.4 Å². The van der Waals surface area contributed by atoms with Crippen molar-refractivity contribution >= 4 is 5.96 Å². The van der Waals surface area contributed by atoms with Crippen LogP contribution in [-0.2, 0) is 11.3 Å². The van der Waals surface area contributed by atoms with Crippen molar-refractivity contribution in [3.8, 4) is 0 Å². The predicted octanol–water partition coefficient (Wildman–Crippen LogP) is 2.55. The second kappa shape index (κ2) is 7.98. The molecule has 1 aromatic carbocycles. The molecule has 5 heteroatoms. The van der Waals surface area contributed by atoms with Crippen LogP contribution in [0, 0.1) is 11.2 Å². The van der Waals surface area contributed by atoms with Crippen molar-refractivity contribution in [2.45, 2.75) is 33.4 Å². The van der Waals surface area contributed by atoms with Crippen LogP contribution in [0.3, 0.4) is 0 Å². The minimum Gasteiger partial charge on any atom is -0.379 e. The average molecular weight is 295 g/mol. The Labute approximate surface area is 126 Å². The van der Waals surface area contributed by atoms with Crippen LogP contribution >= 0.6 is 0 Å². The number of nitrogens with one attached hydrogen (secondary N) is 2. The molecule has 21 heavy (non-hydrogen) atoms. The van der Waals surface area contributed by atoms with Gasteiger partial charge in [-0.1, -0.05) is 32.9 Å². The highest BCUT2D eigenvalue weighted by molar-refractivity contribution is 5.79. The third-order valence-corrected chi connectivity index (χ3v) is 3.30. The molecule has 1 rings (SSSR count). The van der Waals surface area contributed by atoms with Crippen LogP contribution in [0.25, 0.3) is 0 Å². The smallest absolute Gasteiger partial charge is 0.191 e. The van der Waals surface area contributed by atoms with Crippen molar-refractivity contribution in [1.82, 2.24) is 10.6 Å². The fraction of sp³-hybridized carbons (Fsp3) is 0.562. The summed E-state index contributed by atoms with van der Waals surface area (Å²) in [6, 6.07) is 6.41. The first-order valence-corrected chi connectivity index (χ1v) is 7.08. The third-order valence-electron chi connectivity index (χ3n) is 3.30. The Morgan fingerprint density at radius 1 is 1.24 bits per heavy atom. The van der Waals surface area contributed by atoms with E-state index in [1.807, 2.05) is 0 Å². The summed E-state index contributed by atoms with van der Waals surface area (Å²) >= 11 is 0. The molecule has 4 nitrogen and oxygen atoms in total. The molecule has 0 aromatic heterocycles. The van der Waals surface area contributed by atoms with Gasteiger partial charge in [-0.05, 0) is 23.1 Å². The summed E-state index contributed by atoms with van der Waals surface area (Å²) in [6.45, 7) is 7.67. The molecule has 0 saturated carbocycles. The maximum absolute atomic E-state index is 12.8. The van der Waals surface area contributed by atoms with E-state index in [2.05, 4.69) is 36.4 Å². The maximum Gasteiger partial charge on any atom is 0.191 e. The second-order valence-corrected chi connectivity index (χ2v) is 6.02. The lowest BCUT2D eigenvalue weighted by atomic mass is 9.89. The molecule has 2 N–H and O–H groups in total. The highest BCUT2D eigenvalue weighted by Gasteiger charge is 2.24. The van der Waals surface area contributed by atoms with Crippen molar-refractivity contribution in [2.75, 3.05) is 20.7 Å². The van der Waals surface area contributed by atoms with Crippen LogP contribution in [0.15, 0.2) is 29.3 Å². The lowest BCUT2D eigenvalue weighted by molar-refractivity contribution is 0.0205. The van der Waals surface area contributed by atoms with Crippen LogP contribution in [-0.4, -0.2) is 32.8 Å². The molecular formula is C16H26FN3O. The van der Waals surface area contributed by atoms with Crippen molar-refractivity contribution < 1.29 is 9.13 Å². The average Bonchev–Trinajstić information content (AvgIpc) is 2.43. The number of halogens is 1. The molecule has 1 aromatic rings. The zero-order chi connectivity index (χ0) is 15.9. The zero-order valence-electron chi connectivity index (χ0n) is 13.5. The number of benzene rings is 1. The summed E-state index contributed by atoms with van der Waals surface area (Å²) in [6.07, 6.45) is 0.0851. The monoisotopic (exact) mass is 295 g/mol. The number of guanidine groups is 1. The van der Waals surface area contributed by atoms with E-state index in [0.717, 1.165) is 5.56 Å². The molecule has 118 valence electrons. The van der Waals surface area contributed by atoms with E-state index in [4.69, 9.17) is 4.74 Å². The number of ether oxygens (including phenoxy) is 1. The van der Waals surface area contributed by atoms with Crippen LogP contribution in [0.1, 0.15) is 26.3 Å². The molecule has 1 atom stereocenters. The lowest BCUT2D eigenvalue weighted by Crippen LogP contribution is -2.45. The summed E-state index contributed by atoms with van der Waals surface area (Å²) in [4.78, 5) is 4.17. The number of hydrogen-bond donors (Lipinski definition) is 2. The maximum atomic E-state index is 12.8. The van der Waals surface area contributed by atoms with Crippen LogP contribution in [0.5, 0.6) is 0 Å². The number of nitrogens with zero attached hydrogens (tertiary/aromatic N) is 1. The fourth-order valence-electron chi connectivity index (χ4n) is 1.94. The Hall–Kier alpha value is -1.62. The number of methoxy groups -OCH3 is 1. The van der Waals surface area contributed by atoms with Crippen LogP contribution in [0.4, 0.5) is 4.39 Å². The first-order chi connectivity index (χ1) is 9.86. The minimum absolute atomic E-state index is 0.0531. The number of aliphatic imine (C=N–C) groups is 1. The Bertz CT molecular complexity index is 452. The van der Waals surface area contributed by atoms with Crippen LogP contribution in [0.2, 0.25) is 0 Å². The van der Waals surface area contributed by atoms with E-state index in [-0.39, 0.29) is 17.3 Å². The normalized spacial score (nSPS) is 13.9. The quantitative estimate of drug-likeness (QED) is 0.648. The van der Waals surface area contributed by atoms with Gasteiger partial charge in [-0.3, -0.25) is 4.99 Å². The van der Waals surface area contributed by atoms with Crippen molar-refractivity contribution in [3.05, 3.63) is 35.6 Å². The number of hydrogen-bond acceptors (Lipinski definition) is 2. The first kappa shape index (κ1) is 17.4. The van der Waals surface area contributed by atoms with Gasteiger partial charge in [-0.15, -0.1) is 0 Å². The SMILES string of the molecule is CN=C(NCc1ccc(F)cc1)NCC(OC)C(C)(C)C. The highest BCUT2D eigenvalue weighted by atomic mass is 19.1. The molecule has 0 radical (unpaired) electrons. The van der Waals surface area contributed by atoms with Gasteiger partial charge >= 0.3 is 0 Å². The third kappa shape index (κ3) is 6.12. The topological polar surface area (TPSA) is 45.7 Å². The molecule has 0 fully saturated rings. The second-order valence-electron chi connectivity index (χ2n) is 6.02. The van der Waals surface area contributed by atoms with Gasteiger partial charge in [-0.2, -0.15) is 0 Å². The Morgan fingerprint density at radius 3 is 2.33 bits per heavy atom. The van der Waals surface area contributed by atoms with E-state index in [1.165, 1.54) is 12.1 Å². The van der Waals surface area contributed by atoms with E-state index in [1.54, 1.807) is 26.3 Å². The van der Waals surface area contributed by atoms with Gasteiger partial charge in [0.05, 0.1) is 6.10 Å². The molecule has 0 amide bonds. The fourth-order valence-corrected chi connectivity index (χ4v) is 1.94. The molecular weight excluding hydrogens is 269 g/mol. The molecule has 0 bridgehead atoms. The molecule has 0 spiro atoms. The minimum atomic E-state index is -0.227. The summed E-state index contributed by atoms with van der Waals surface area (Å²) < 4.78 is 18.3. The van der Waals surface area contributed by atoms with Gasteiger partial charge in [0, 0.05) is 27.2 Å².